The van der Waals surface area contributed by atoms with Gasteiger partial charge in [-0.15, -0.1) is 10.2 Å². The van der Waals surface area contributed by atoms with Crippen LogP contribution in [-0.4, -0.2) is 27.8 Å². The predicted molar refractivity (Wildman–Crippen MR) is 96.0 cm³/mol. The Morgan fingerprint density at radius 2 is 1.56 bits per heavy atom. The third kappa shape index (κ3) is 3.71. The van der Waals surface area contributed by atoms with Gasteiger partial charge in [-0.25, -0.2) is 9.78 Å². The molecule has 1 heterocycles. The van der Waals surface area contributed by atoms with Gasteiger partial charge in [0.2, 0.25) is 0 Å². The van der Waals surface area contributed by atoms with Gasteiger partial charge in [-0.1, -0.05) is 61.5 Å². The smallest absolute Gasteiger partial charge is 0.378 e. The van der Waals surface area contributed by atoms with E-state index in [-0.39, 0.29) is 12.4 Å². The second kappa shape index (κ2) is 7.66. The van der Waals surface area contributed by atoms with Crippen LogP contribution in [0.15, 0.2) is 54.6 Å². The molecule has 0 aliphatic carbocycles. The molecular weight excluding hydrogens is 314 g/mol. The monoisotopic (exact) mass is 333 g/mol. The Hall–Kier alpha value is -3.08. The summed E-state index contributed by atoms with van der Waals surface area (Å²) in [6.45, 7) is 4.12. The van der Waals surface area contributed by atoms with E-state index in [2.05, 4.69) is 34.2 Å². The molecule has 5 nitrogen and oxygen atoms in total. The molecule has 0 saturated heterocycles. The molecule has 0 amide bonds. The third-order valence-corrected chi connectivity index (χ3v) is 3.83. The molecule has 0 atom stereocenters. The lowest BCUT2D eigenvalue weighted by Gasteiger charge is -2.09. The highest BCUT2D eigenvalue weighted by molar-refractivity contribution is 5.87. The zero-order chi connectivity index (χ0) is 17.6. The summed E-state index contributed by atoms with van der Waals surface area (Å²) in [6.07, 6.45) is 0.970. The van der Waals surface area contributed by atoms with E-state index in [0.29, 0.717) is 11.4 Å². The van der Waals surface area contributed by atoms with Crippen molar-refractivity contribution < 1.29 is 9.53 Å². The van der Waals surface area contributed by atoms with Gasteiger partial charge in [-0.3, -0.25) is 0 Å². The number of aromatic nitrogens is 3. The fourth-order valence-electron chi connectivity index (χ4n) is 2.50. The number of ether oxygens (including phenoxy) is 1. The van der Waals surface area contributed by atoms with Crippen molar-refractivity contribution in [2.24, 2.45) is 0 Å². The molecule has 3 rings (SSSR count). The Bertz CT molecular complexity index is 862. The van der Waals surface area contributed by atoms with Gasteiger partial charge < -0.3 is 4.74 Å². The van der Waals surface area contributed by atoms with E-state index >= 15 is 0 Å². The molecule has 5 heteroatoms. The van der Waals surface area contributed by atoms with E-state index < -0.39 is 5.97 Å². The molecular formula is C20H19N3O2. The van der Waals surface area contributed by atoms with E-state index in [4.69, 9.17) is 4.74 Å². The zero-order valence-electron chi connectivity index (χ0n) is 14.3. The van der Waals surface area contributed by atoms with Gasteiger partial charge in [0.15, 0.2) is 0 Å². The fraction of sp³-hybridized carbons (Fsp3) is 0.200. The Kier molecular flexibility index (Phi) is 5.14. The van der Waals surface area contributed by atoms with E-state index in [0.717, 1.165) is 17.5 Å². The lowest BCUT2D eigenvalue weighted by atomic mass is 10.0. The first-order chi connectivity index (χ1) is 12.2. The number of aryl methyl sites for hydroxylation is 1. The van der Waals surface area contributed by atoms with Gasteiger partial charge >= 0.3 is 5.97 Å². The van der Waals surface area contributed by atoms with Crippen LogP contribution in [0.5, 0.6) is 0 Å². The number of carbonyl (C=O) groups is 1. The lowest BCUT2D eigenvalue weighted by molar-refractivity contribution is 0.0510. The van der Waals surface area contributed by atoms with Crippen molar-refractivity contribution >= 4 is 5.97 Å². The van der Waals surface area contributed by atoms with Crippen LogP contribution in [0.1, 0.15) is 30.0 Å². The van der Waals surface area contributed by atoms with E-state index in [9.17, 15) is 4.79 Å². The average Bonchev–Trinajstić information content (AvgIpc) is 2.68. The van der Waals surface area contributed by atoms with E-state index in [1.165, 1.54) is 5.56 Å². The maximum atomic E-state index is 12.0. The molecule has 2 aromatic carbocycles. The largest absolute Gasteiger partial charge is 0.460 e. The maximum Gasteiger partial charge on any atom is 0.378 e. The van der Waals surface area contributed by atoms with Crippen molar-refractivity contribution in [3.05, 3.63) is 66.0 Å². The minimum atomic E-state index is -0.569. The summed E-state index contributed by atoms with van der Waals surface area (Å²) in [6, 6.07) is 17.8. The Morgan fingerprint density at radius 3 is 2.20 bits per heavy atom. The molecule has 0 aliphatic rings. The SMILES string of the molecule is CCOC(=O)c1nnc(-c2ccc(CC)cc2)c(-c2ccccc2)n1. The third-order valence-electron chi connectivity index (χ3n) is 3.83. The van der Waals surface area contributed by atoms with Crippen molar-refractivity contribution in [3.63, 3.8) is 0 Å². The maximum absolute atomic E-state index is 12.0. The molecule has 0 aliphatic heterocycles. The first kappa shape index (κ1) is 16.8. The molecule has 0 spiro atoms. The average molecular weight is 333 g/mol. The number of hydrogen-bond donors (Lipinski definition) is 0. The number of rotatable bonds is 5. The second-order valence-corrected chi connectivity index (χ2v) is 5.47. The number of nitrogens with zero attached hydrogens (tertiary/aromatic N) is 3. The second-order valence-electron chi connectivity index (χ2n) is 5.47. The van der Waals surface area contributed by atoms with Gasteiger partial charge in [-0.2, -0.15) is 0 Å². The van der Waals surface area contributed by atoms with Gasteiger partial charge in [0, 0.05) is 11.1 Å². The normalized spacial score (nSPS) is 10.5. The predicted octanol–water partition coefficient (Wildman–Crippen LogP) is 3.94. The molecule has 0 radical (unpaired) electrons. The quantitative estimate of drug-likeness (QED) is 0.662. The van der Waals surface area contributed by atoms with Crippen LogP contribution in [0.3, 0.4) is 0 Å². The summed E-state index contributed by atoms with van der Waals surface area (Å²) in [4.78, 5) is 16.4. The lowest BCUT2D eigenvalue weighted by Crippen LogP contribution is -2.12. The van der Waals surface area contributed by atoms with Crippen molar-refractivity contribution in [1.29, 1.82) is 0 Å². The van der Waals surface area contributed by atoms with Crippen LogP contribution in [0.25, 0.3) is 22.5 Å². The highest BCUT2D eigenvalue weighted by Crippen LogP contribution is 2.28. The van der Waals surface area contributed by atoms with Crippen LogP contribution >= 0.6 is 0 Å². The van der Waals surface area contributed by atoms with Crippen molar-refractivity contribution in [3.8, 4) is 22.5 Å². The summed E-state index contributed by atoms with van der Waals surface area (Å²) < 4.78 is 4.99. The molecule has 25 heavy (non-hydrogen) atoms. The molecule has 0 fully saturated rings. The van der Waals surface area contributed by atoms with Gasteiger partial charge in [0.25, 0.3) is 5.82 Å². The number of carbonyl (C=O) groups excluding carboxylic acids is 1. The molecule has 1 aromatic heterocycles. The summed E-state index contributed by atoms with van der Waals surface area (Å²) in [5.41, 5.74) is 4.28. The van der Waals surface area contributed by atoms with Gasteiger partial charge in [0.1, 0.15) is 11.4 Å². The van der Waals surface area contributed by atoms with Crippen LogP contribution in [-0.2, 0) is 11.2 Å². The molecule has 0 bridgehead atoms. The summed E-state index contributed by atoms with van der Waals surface area (Å²) in [7, 11) is 0. The first-order valence-corrected chi connectivity index (χ1v) is 8.29. The minimum absolute atomic E-state index is 0.0327. The van der Waals surface area contributed by atoms with Crippen molar-refractivity contribution in [1.82, 2.24) is 15.2 Å². The Morgan fingerprint density at radius 1 is 0.880 bits per heavy atom. The molecule has 0 unspecified atom stereocenters. The summed E-state index contributed by atoms with van der Waals surface area (Å²) in [5.74, 6) is -0.602. The molecule has 0 saturated carbocycles. The standard InChI is InChI=1S/C20H19N3O2/c1-3-14-10-12-16(13-11-14)18-17(15-8-6-5-7-9-15)21-19(23-22-18)20(24)25-4-2/h5-13H,3-4H2,1-2H3. The van der Waals surface area contributed by atoms with E-state index in [1.807, 2.05) is 42.5 Å². The fourth-order valence-corrected chi connectivity index (χ4v) is 2.50. The van der Waals surface area contributed by atoms with Gasteiger partial charge in [0.05, 0.1) is 6.61 Å². The highest BCUT2D eigenvalue weighted by Gasteiger charge is 2.18. The van der Waals surface area contributed by atoms with E-state index in [1.54, 1.807) is 6.92 Å². The highest BCUT2D eigenvalue weighted by atomic mass is 16.5. The summed E-state index contributed by atoms with van der Waals surface area (Å²) in [5, 5.41) is 8.24. The first-order valence-electron chi connectivity index (χ1n) is 8.29. The Balaban J connectivity index is 2.12. The molecule has 3 aromatic rings. The minimum Gasteiger partial charge on any atom is -0.460 e. The van der Waals surface area contributed by atoms with Crippen LogP contribution in [0.2, 0.25) is 0 Å². The molecule has 126 valence electrons. The van der Waals surface area contributed by atoms with Gasteiger partial charge in [-0.05, 0) is 18.9 Å². The number of esters is 1. The van der Waals surface area contributed by atoms with Crippen LogP contribution in [0.4, 0.5) is 0 Å². The zero-order valence-corrected chi connectivity index (χ0v) is 14.3. The van der Waals surface area contributed by atoms with Crippen molar-refractivity contribution in [2.75, 3.05) is 6.61 Å². The Labute approximate surface area is 146 Å². The summed E-state index contributed by atoms with van der Waals surface area (Å²) >= 11 is 0. The van der Waals surface area contributed by atoms with Crippen molar-refractivity contribution in [2.45, 2.75) is 20.3 Å². The van der Waals surface area contributed by atoms with Crippen LogP contribution < -0.4 is 0 Å². The number of hydrogen-bond acceptors (Lipinski definition) is 5. The van der Waals surface area contributed by atoms with Crippen LogP contribution in [0, 0.1) is 0 Å². The molecule has 0 N–H and O–H groups in total. The number of benzene rings is 2. The topological polar surface area (TPSA) is 65.0 Å².